The Labute approximate surface area is 116 Å². The first-order valence-electron chi connectivity index (χ1n) is 6.39. The van der Waals surface area contributed by atoms with Gasteiger partial charge in [-0.05, 0) is 42.8 Å². The standard InChI is InChI=1S/C13H20BrN3O/c1-9(2)17-8-11(14)6-12(17)13(18)16-5-4-15-7-10(16)3/h6,8-10,15H,4-5,7H2,1-3H3/t10-/m1/s1. The van der Waals surface area contributed by atoms with E-state index in [-0.39, 0.29) is 18.0 Å². The number of halogens is 1. The maximum Gasteiger partial charge on any atom is 0.270 e. The molecule has 0 saturated carbocycles. The van der Waals surface area contributed by atoms with Crippen LogP contribution in [0.15, 0.2) is 16.7 Å². The molecule has 2 heterocycles. The predicted molar refractivity (Wildman–Crippen MR) is 75.9 cm³/mol. The van der Waals surface area contributed by atoms with E-state index in [2.05, 4.69) is 42.0 Å². The molecule has 1 aromatic rings. The van der Waals surface area contributed by atoms with Crippen molar-refractivity contribution in [2.45, 2.75) is 32.9 Å². The summed E-state index contributed by atoms with van der Waals surface area (Å²) in [5, 5.41) is 3.30. The Hall–Kier alpha value is -0.810. The minimum Gasteiger partial charge on any atom is -0.340 e. The van der Waals surface area contributed by atoms with Crippen LogP contribution in [0.5, 0.6) is 0 Å². The van der Waals surface area contributed by atoms with Gasteiger partial charge in [0, 0.05) is 42.4 Å². The maximum absolute atomic E-state index is 12.6. The molecule has 18 heavy (non-hydrogen) atoms. The zero-order valence-electron chi connectivity index (χ0n) is 11.1. The van der Waals surface area contributed by atoms with E-state index in [4.69, 9.17) is 0 Å². The number of carbonyl (C=O) groups is 1. The van der Waals surface area contributed by atoms with Crippen LogP contribution in [0.4, 0.5) is 0 Å². The maximum atomic E-state index is 12.6. The molecule has 0 aromatic carbocycles. The van der Waals surface area contributed by atoms with Crippen LogP contribution in [0.1, 0.15) is 37.3 Å². The molecule has 1 amide bonds. The molecule has 1 aromatic heterocycles. The highest BCUT2D eigenvalue weighted by molar-refractivity contribution is 9.10. The number of amides is 1. The largest absolute Gasteiger partial charge is 0.340 e. The Morgan fingerprint density at radius 2 is 2.28 bits per heavy atom. The predicted octanol–water partition coefficient (Wildman–Crippen LogP) is 2.27. The second-order valence-corrected chi connectivity index (χ2v) is 6.01. The van der Waals surface area contributed by atoms with Crippen molar-refractivity contribution in [3.05, 3.63) is 22.4 Å². The molecule has 1 aliphatic rings. The van der Waals surface area contributed by atoms with E-state index < -0.39 is 0 Å². The molecular weight excluding hydrogens is 294 g/mol. The minimum atomic E-state index is 0.128. The third-order valence-corrected chi connectivity index (χ3v) is 3.79. The van der Waals surface area contributed by atoms with Crippen LogP contribution in [0.2, 0.25) is 0 Å². The minimum absolute atomic E-state index is 0.128. The SMILES string of the molecule is CC(C)n1cc(Br)cc1C(=O)N1CCNC[C@H]1C. The van der Waals surface area contributed by atoms with Crippen molar-refractivity contribution in [2.24, 2.45) is 0 Å². The number of carbonyl (C=O) groups excluding carboxylic acids is 1. The monoisotopic (exact) mass is 313 g/mol. The zero-order chi connectivity index (χ0) is 13.3. The average Bonchev–Trinajstić information content (AvgIpc) is 2.71. The summed E-state index contributed by atoms with van der Waals surface area (Å²) in [6.45, 7) is 8.78. The molecule has 0 unspecified atom stereocenters. The fourth-order valence-electron chi connectivity index (χ4n) is 2.33. The summed E-state index contributed by atoms with van der Waals surface area (Å²) in [6, 6.07) is 2.45. The van der Waals surface area contributed by atoms with E-state index in [1.54, 1.807) is 0 Å². The summed E-state index contributed by atoms with van der Waals surface area (Å²) in [6.07, 6.45) is 1.98. The highest BCUT2D eigenvalue weighted by atomic mass is 79.9. The molecule has 0 aliphatic carbocycles. The summed E-state index contributed by atoms with van der Waals surface area (Å²) in [5.74, 6) is 0.128. The van der Waals surface area contributed by atoms with Gasteiger partial charge in [0.2, 0.25) is 0 Å². The van der Waals surface area contributed by atoms with Gasteiger partial charge >= 0.3 is 0 Å². The molecule has 5 heteroatoms. The fourth-order valence-corrected chi connectivity index (χ4v) is 2.77. The molecule has 4 nitrogen and oxygen atoms in total. The van der Waals surface area contributed by atoms with Crippen LogP contribution < -0.4 is 5.32 Å². The summed E-state index contributed by atoms with van der Waals surface area (Å²) >= 11 is 3.45. The summed E-state index contributed by atoms with van der Waals surface area (Å²) < 4.78 is 2.99. The molecule has 100 valence electrons. The van der Waals surface area contributed by atoms with Crippen molar-refractivity contribution in [1.29, 1.82) is 0 Å². The van der Waals surface area contributed by atoms with Gasteiger partial charge in [-0.3, -0.25) is 4.79 Å². The van der Waals surface area contributed by atoms with Crippen molar-refractivity contribution in [1.82, 2.24) is 14.8 Å². The van der Waals surface area contributed by atoms with Crippen LogP contribution >= 0.6 is 15.9 Å². The average molecular weight is 314 g/mol. The van der Waals surface area contributed by atoms with E-state index in [1.807, 2.05) is 21.7 Å². The second-order valence-electron chi connectivity index (χ2n) is 5.10. The lowest BCUT2D eigenvalue weighted by Crippen LogP contribution is -2.52. The van der Waals surface area contributed by atoms with Gasteiger partial charge in [-0.2, -0.15) is 0 Å². The van der Waals surface area contributed by atoms with Gasteiger partial charge in [-0.15, -0.1) is 0 Å². The first-order valence-corrected chi connectivity index (χ1v) is 7.19. The van der Waals surface area contributed by atoms with Crippen LogP contribution in [0, 0.1) is 0 Å². The van der Waals surface area contributed by atoms with Gasteiger partial charge in [-0.25, -0.2) is 0 Å². The number of piperazine rings is 1. The van der Waals surface area contributed by atoms with Crippen molar-refractivity contribution < 1.29 is 4.79 Å². The van der Waals surface area contributed by atoms with E-state index in [9.17, 15) is 4.79 Å². The zero-order valence-corrected chi connectivity index (χ0v) is 12.7. The number of hydrogen-bond acceptors (Lipinski definition) is 2. The number of nitrogens with zero attached hydrogens (tertiary/aromatic N) is 2. The van der Waals surface area contributed by atoms with Crippen LogP contribution in [-0.2, 0) is 0 Å². The lowest BCUT2D eigenvalue weighted by Gasteiger charge is -2.34. The quantitative estimate of drug-likeness (QED) is 0.909. The molecule has 1 fully saturated rings. The van der Waals surface area contributed by atoms with Gasteiger partial charge in [-0.1, -0.05) is 0 Å². The van der Waals surface area contributed by atoms with Gasteiger partial charge in [0.25, 0.3) is 5.91 Å². The van der Waals surface area contributed by atoms with Crippen LogP contribution in [0.3, 0.4) is 0 Å². The van der Waals surface area contributed by atoms with E-state index >= 15 is 0 Å². The first kappa shape index (κ1) is 13.6. The van der Waals surface area contributed by atoms with E-state index in [0.29, 0.717) is 0 Å². The van der Waals surface area contributed by atoms with E-state index in [0.717, 1.165) is 29.8 Å². The summed E-state index contributed by atoms with van der Waals surface area (Å²) in [7, 11) is 0. The number of nitrogens with one attached hydrogen (secondary N) is 1. The van der Waals surface area contributed by atoms with Gasteiger partial charge in [0.15, 0.2) is 0 Å². The third kappa shape index (κ3) is 2.62. The number of rotatable bonds is 2. The Morgan fingerprint density at radius 3 is 2.89 bits per heavy atom. The topological polar surface area (TPSA) is 37.3 Å². The smallest absolute Gasteiger partial charge is 0.270 e. The normalized spacial score (nSPS) is 20.5. The molecule has 1 N–H and O–H groups in total. The van der Waals surface area contributed by atoms with Gasteiger partial charge < -0.3 is 14.8 Å². The molecule has 0 radical (unpaired) electrons. The number of aromatic nitrogens is 1. The lowest BCUT2D eigenvalue weighted by atomic mass is 10.2. The Kier molecular flexibility index (Phi) is 4.12. The Bertz CT molecular complexity index is 441. The summed E-state index contributed by atoms with van der Waals surface area (Å²) in [5.41, 5.74) is 0.769. The Morgan fingerprint density at radius 1 is 1.56 bits per heavy atom. The Balaban J connectivity index is 2.27. The van der Waals surface area contributed by atoms with Gasteiger partial charge in [0.1, 0.15) is 5.69 Å². The molecule has 0 bridgehead atoms. The highest BCUT2D eigenvalue weighted by Crippen LogP contribution is 2.21. The second kappa shape index (κ2) is 5.45. The molecular formula is C13H20BrN3O. The van der Waals surface area contributed by atoms with Gasteiger partial charge in [0.05, 0.1) is 0 Å². The molecule has 1 atom stereocenters. The molecule has 1 aliphatic heterocycles. The lowest BCUT2D eigenvalue weighted by molar-refractivity contribution is 0.0643. The highest BCUT2D eigenvalue weighted by Gasteiger charge is 2.26. The van der Waals surface area contributed by atoms with Crippen LogP contribution in [0.25, 0.3) is 0 Å². The van der Waals surface area contributed by atoms with Crippen molar-refractivity contribution in [2.75, 3.05) is 19.6 Å². The molecule has 1 saturated heterocycles. The van der Waals surface area contributed by atoms with Crippen molar-refractivity contribution in [3.63, 3.8) is 0 Å². The molecule has 2 rings (SSSR count). The van der Waals surface area contributed by atoms with Crippen molar-refractivity contribution >= 4 is 21.8 Å². The molecule has 0 spiro atoms. The fraction of sp³-hybridized carbons (Fsp3) is 0.615. The first-order chi connectivity index (χ1) is 8.50. The third-order valence-electron chi connectivity index (χ3n) is 3.35. The number of hydrogen-bond donors (Lipinski definition) is 1. The van der Waals surface area contributed by atoms with E-state index in [1.165, 1.54) is 0 Å². The van der Waals surface area contributed by atoms with Crippen molar-refractivity contribution in [3.8, 4) is 0 Å². The van der Waals surface area contributed by atoms with Crippen LogP contribution in [-0.4, -0.2) is 41.1 Å². The summed E-state index contributed by atoms with van der Waals surface area (Å²) in [4.78, 5) is 14.6.